The van der Waals surface area contributed by atoms with Gasteiger partial charge in [0.05, 0.1) is 6.10 Å². The molecule has 0 radical (unpaired) electrons. The molecule has 3 aliphatic rings. The third-order valence-corrected chi connectivity index (χ3v) is 5.77. The van der Waals surface area contributed by atoms with Crippen LogP contribution in [0, 0.1) is 0 Å². The van der Waals surface area contributed by atoms with Crippen LogP contribution in [-0.2, 0) is 0 Å². The number of carbonyl (C=O) groups excluding carboxylic acids is 1. The summed E-state index contributed by atoms with van der Waals surface area (Å²) in [5.41, 5.74) is 0.405. The first kappa shape index (κ1) is 16.1. The van der Waals surface area contributed by atoms with E-state index in [1.54, 1.807) is 6.07 Å². The number of likely N-dealkylation sites (tertiary alicyclic amines) is 1. The summed E-state index contributed by atoms with van der Waals surface area (Å²) in [4.78, 5) is 14.7. The minimum Gasteiger partial charge on any atom is -0.391 e. The molecule has 0 bridgehead atoms. The molecule has 24 heavy (non-hydrogen) atoms. The summed E-state index contributed by atoms with van der Waals surface area (Å²) in [5.74, 6) is 1.20. The lowest BCUT2D eigenvalue weighted by Gasteiger charge is -2.41. The summed E-state index contributed by atoms with van der Waals surface area (Å²) < 4.78 is 5.26. The van der Waals surface area contributed by atoms with Gasteiger partial charge in [-0.05, 0) is 38.5 Å². The van der Waals surface area contributed by atoms with E-state index < -0.39 is 0 Å². The predicted octanol–water partition coefficient (Wildman–Crippen LogP) is 2.05. The SMILES string of the molecule is O=C(NC1CCN([C@H]2CCCC[C@@H]2O)CC1)c1cc(C2CC2)on1. The maximum Gasteiger partial charge on any atom is 0.273 e. The van der Waals surface area contributed by atoms with Crippen LogP contribution < -0.4 is 5.32 Å². The highest BCUT2D eigenvalue weighted by Gasteiger charge is 2.32. The molecule has 132 valence electrons. The van der Waals surface area contributed by atoms with Crippen LogP contribution in [0.2, 0.25) is 0 Å². The topological polar surface area (TPSA) is 78.6 Å². The number of hydrogen-bond acceptors (Lipinski definition) is 5. The fourth-order valence-corrected chi connectivity index (χ4v) is 4.11. The van der Waals surface area contributed by atoms with Crippen molar-refractivity contribution >= 4 is 5.91 Å². The lowest BCUT2D eigenvalue weighted by atomic mass is 9.89. The molecular weight excluding hydrogens is 306 g/mol. The van der Waals surface area contributed by atoms with Crippen molar-refractivity contribution in [2.24, 2.45) is 0 Å². The van der Waals surface area contributed by atoms with E-state index in [1.807, 2.05) is 0 Å². The Bertz CT molecular complexity index is 576. The number of rotatable bonds is 4. The zero-order chi connectivity index (χ0) is 16.5. The molecule has 6 nitrogen and oxygen atoms in total. The maximum atomic E-state index is 12.3. The monoisotopic (exact) mass is 333 g/mol. The molecule has 2 N–H and O–H groups in total. The highest BCUT2D eigenvalue weighted by atomic mass is 16.5. The summed E-state index contributed by atoms with van der Waals surface area (Å²) in [7, 11) is 0. The fraction of sp³-hybridized carbons (Fsp3) is 0.778. The summed E-state index contributed by atoms with van der Waals surface area (Å²) in [6.07, 6.45) is 8.35. The van der Waals surface area contributed by atoms with E-state index in [-0.39, 0.29) is 18.1 Å². The third kappa shape index (κ3) is 3.49. The Morgan fingerprint density at radius 2 is 1.92 bits per heavy atom. The van der Waals surface area contributed by atoms with E-state index >= 15 is 0 Å². The highest BCUT2D eigenvalue weighted by Crippen LogP contribution is 2.40. The first-order chi connectivity index (χ1) is 11.7. The van der Waals surface area contributed by atoms with Gasteiger partial charge in [-0.15, -0.1) is 0 Å². The predicted molar refractivity (Wildman–Crippen MR) is 88.8 cm³/mol. The Labute approximate surface area is 142 Å². The van der Waals surface area contributed by atoms with E-state index in [0.29, 0.717) is 17.7 Å². The molecule has 6 heteroatoms. The van der Waals surface area contributed by atoms with Gasteiger partial charge in [0.2, 0.25) is 0 Å². The normalized spacial score (nSPS) is 29.5. The molecule has 0 unspecified atom stereocenters. The number of amides is 1. The van der Waals surface area contributed by atoms with Crippen molar-refractivity contribution in [2.75, 3.05) is 13.1 Å². The van der Waals surface area contributed by atoms with E-state index in [4.69, 9.17) is 4.52 Å². The van der Waals surface area contributed by atoms with Crippen molar-refractivity contribution in [1.82, 2.24) is 15.4 Å². The van der Waals surface area contributed by atoms with Crippen molar-refractivity contribution in [3.63, 3.8) is 0 Å². The van der Waals surface area contributed by atoms with Crippen molar-refractivity contribution in [1.29, 1.82) is 0 Å². The summed E-state index contributed by atoms with van der Waals surface area (Å²) >= 11 is 0. The highest BCUT2D eigenvalue weighted by molar-refractivity contribution is 5.92. The van der Waals surface area contributed by atoms with E-state index in [9.17, 15) is 9.90 Å². The number of nitrogens with zero attached hydrogens (tertiary/aromatic N) is 2. The van der Waals surface area contributed by atoms with Crippen LogP contribution in [0.3, 0.4) is 0 Å². The first-order valence-corrected chi connectivity index (χ1v) is 9.40. The van der Waals surface area contributed by atoms with E-state index in [2.05, 4.69) is 15.4 Å². The molecule has 1 amide bonds. The molecule has 1 saturated heterocycles. The van der Waals surface area contributed by atoms with Crippen molar-refractivity contribution in [3.05, 3.63) is 17.5 Å². The lowest BCUT2D eigenvalue weighted by molar-refractivity contribution is 0.00725. The Morgan fingerprint density at radius 1 is 1.17 bits per heavy atom. The van der Waals surface area contributed by atoms with Crippen LogP contribution in [0.1, 0.15) is 73.5 Å². The number of nitrogens with one attached hydrogen (secondary N) is 1. The largest absolute Gasteiger partial charge is 0.391 e. The molecular formula is C18H27N3O3. The van der Waals surface area contributed by atoms with E-state index in [0.717, 1.165) is 63.8 Å². The minimum absolute atomic E-state index is 0.123. The fourth-order valence-electron chi connectivity index (χ4n) is 4.11. The van der Waals surface area contributed by atoms with Gasteiger partial charge in [0, 0.05) is 37.2 Å². The quantitative estimate of drug-likeness (QED) is 0.882. The second-order valence-corrected chi connectivity index (χ2v) is 7.59. The molecule has 1 aliphatic heterocycles. The Hall–Kier alpha value is -1.40. The molecule has 2 aliphatic carbocycles. The zero-order valence-corrected chi connectivity index (χ0v) is 14.1. The molecule has 2 saturated carbocycles. The van der Waals surface area contributed by atoms with Gasteiger partial charge in [0.1, 0.15) is 5.76 Å². The molecule has 2 heterocycles. The molecule has 3 fully saturated rings. The van der Waals surface area contributed by atoms with Crippen LogP contribution in [0.5, 0.6) is 0 Å². The van der Waals surface area contributed by atoms with Crippen LogP contribution in [0.4, 0.5) is 0 Å². The van der Waals surface area contributed by atoms with Gasteiger partial charge in [-0.2, -0.15) is 0 Å². The summed E-state index contributed by atoms with van der Waals surface area (Å²) in [6.45, 7) is 1.89. The standard InChI is InChI=1S/C18H27N3O3/c22-16-4-2-1-3-15(16)21-9-7-13(8-10-21)19-18(23)14-11-17(24-20-14)12-5-6-12/h11-13,15-16,22H,1-10H2,(H,19,23)/t15-,16-/m0/s1. The van der Waals surface area contributed by atoms with Crippen molar-refractivity contribution in [2.45, 2.75) is 75.5 Å². The van der Waals surface area contributed by atoms with Crippen LogP contribution >= 0.6 is 0 Å². The third-order valence-electron chi connectivity index (χ3n) is 5.77. The van der Waals surface area contributed by atoms with Crippen LogP contribution in [0.25, 0.3) is 0 Å². The first-order valence-electron chi connectivity index (χ1n) is 9.40. The van der Waals surface area contributed by atoms with Gasteiger partial charge in [-0.25, -0.2) is 0 Å². The Balaban J connectivity index is 1.27. The molecule has 0 aromatic carbocycles. The summed E-state index contributed by atoms with van der Waals surface area (Å²) in [6, 6.07) is 2.29. The lowest BCUT2D eigenvalue weighted by Crippen LogP contribution is -2.52. The molecule has 0 spiro atoms. The summed E-state index contributed by atoms with van der Waals surface area (Å²) in [5, 5.41) is 17.2. The number of aromatic nitrogens is 1. The molecule has 2 atom stereocenters. The smallest absolute Gasteiger partial charge is 0.273 e. The second kappa shape index (κ2) is 6.84. The van der Waals surface area contributed by atoms with Crippen LogP contribution in [-0.4, -0.2) is 52.3 Å². The van der Waals surface area contributed by atoms with Gasteiger partial charge in [0.15, 0.2) is 5.69 Å². The Morgan fingerprint density at radius 3 is 2.62 bits per heavy atom. The average molecular weight is 333 g/mol. The average Bonchev–Trinajstić information content (AvgIpc) is 3.33. The van der Waals surface area contributed by atoms with E-state index in [1.165, 1.54) is 6.42 Å². The molecule has 1 aromatic heterocycles. The van der Waals surface area contributed by atoms with Crippen molar-refractivity contribution < 1.29 is 14.4 Å². The minimum atomic E-state index is -0.180. The van der Waals surface area contributed by atoms with Gasteiger partial charge in [-0.3, -0.25) is 9.69 Å². The number of hydrogen-bond donors (Lipinski definition) is 2. The maximum absolute atomic E-state index is 12.3. The second-order valence-electron chi connectivity index (χ2n) is 7.59. The Kier molecular flexibility index (Phi) is 4.59. The zero-order valence-electron chi connectivity index (χ0n) is 14.1. The van der Waals surface area contributed by atoms with Gasteiger partial charge < -0.3 is 14.9 Å². The van der Waals surface area contributed by atoms with Crippen LogP contribution in [0.15, 0.2) is 10.6 Å². The van der Waals surface area contributed by atoms with Gasteiger partial charge in [-0.1, -0.05) is 18.0 Å². The van der Waals surface area contributed by atoms with Crippen molar-refractivity contribution in [3.8, 4) is 0 Å². The number of carbonyl (C=O) groups is 1. The number of piperidine rings is 1. The molecule has 1 aromatic rings. The molecule has 4 rings (SSSR count). The van der Waals surface area contributed by atoms with Gasteiger partial charge in [0.25, 0.3) is 5.91 Å². The number of aliphatic hydroxyl groups is 1. The van der Waals surface area contributed by atoms with Gasteiger partial charge >= 0.3 is 0 Å². The number of aliphatic hydroxyl groups excluding tert-OH is 1.